The molecule has 0 radical (unpaired) electrons. The Morgan fingerprint density at radius 2 is 1.77 bits per heavy atom. The number of Topliss-reactive ketones (excluding diaryl/α,β-unsaturated/α-hetero) is 2. The van der Waals surface area contributed by atoms with Gasteiger partial charge in [0.1, 0.15) is 23.2 Å². The fraction of sp³-hybridized carbons (Fsp3) is 0.182. The lowest BCUT2D eigenvalue weighted by Gasteiger charge is -2.20. The standard InChI is InChI=1S/C33H26ClF2NO3/c1-19(38)30-16-23(7-9-32(30)34)29-3-2-10-37-33(29)24(11-20-12-25(35)17-26(36)13-20)15-28(40)14-22-5-4-21-6-8-27(39)18-31(21)22/h2-3,5-10,12-13,16-18,24,39H,4,11,14-15H2,1H3/t24-/m1/s1. The van der Waals surface area contributed by atoms with Gasteiger partial charge in [0.2, 0.25) is 0 Å². The summed E-state index contributed by atoms with van der Waals surface area (Å²) in [5, 5.41) is 10.3. The van der Waals surface area contributed by atoms with Crippen molar-refractivity contribution < 1.29 is 23.5 Å². The molecule has 0 saturated heterocycles. The van der Waals surface area contributed by atoms with Crippen LogP contribution in [0.25, 0.3) is 16.7 Å². The summed E-state index contributed by atoms with van der Waals surface area (Å²) in [5.41, 5.74) is 5.49. The Balaban J connectivity index is 1.50. The Kier molecular flexibility index (Phi) is 7.90. The number of allylic oxidation sites excluding steroid dienone is 2. The quantitative estimate of drug-likeness (QED) is 0.212. The Labute approximate surface area is 236 Å². The molecule has 0 spiro atoms. The van der Waals surface area contributed by atoms with E-state index in [9.17, 15) is 23.5 Å². The number of ketones is 2. The van der Waals surface area contributed by atoms with Crippen LogP contribution in [0.5, 0.6) is 5.75 Å². The van der Waals surface area contributed by atoms with Gasteiger partial charge in [0.15, 0.2) is 5.78 Å². The fourth-order valence-electron chi connectivity index (χ4n) is 5.34. The molecule has 3 aromatic carbocycles. The molecule has 0 aliphatic heterocycles. The van der Waals surface area contributed by atoms with Crippen LogP contribution in [0.3, 0.4) is 0 Å². The first-order valence-corrected chi connectivity index (χ1v) is 13.3. The van der Waals surface area contributed by atoms with Crippen LogP contribution in [0, 0.1) is 11.6 Å². The molecule has 0 amide bonds. The van der Waals surface area contributed by atoms with Crippen molar-refractivity contribution in [2.45, 2.75) is 38.5 Å². The van der Waals surface area contributed by atoms with Crippen molar-refractivity contribution >= 4 is 28.7 Å². The Morgan fingerprint density at radius 3 is 2.52 bits per heavy atom. The van der Waals surface area contributed by atoms with E-state index < -0.39 is 17.6 Å². The van der Waals surface area contributed by atoms with Gasteiger partial charge in [0, 0.05) is 42.1 Å². The van der Waals surface area contributed by atoms with E-state index in [0.717, 1.165) is 22.8 Å². The Hall–Kier alpha value is -4.16. The van der Waals surface area contributed by atoms with Gasteiger partial charge in [-0.2, -0.15) is 0 Å². The second kappa shape index (κ2) is 11.5. The molecule has 0 saturated carbocycles. The van der Waals surface area contributed by atoms with E-state index in [4.69, 9.17) is 11.6 Å². The van der Waals surface area contributed by atoms with Gasteiger partial charge in [0.05, 0.1) is 10.7 Å². The molecule has 1 aliphatic carbocycles. The monoisotopic (exact) mass is 557 g/mol. The normalized spacial score (nSPS) is 13.1. The lowest BCUT2D eigenvalue weighted by molar-refractivity contribution is -0.118. The molecule has 0 fully saturated rings. The molecule has 0 bridgehead atoms. The van der Waals surface area contributed by atoms with Crippen molar-refractivity contribution in [2.24, 2.45) is 0 Å². The first-order valence-electron chi connectivity index (χ1n) is 12.9. The predicted molar refractivity (Wildman–Crippen MR) is 152 cm³/mol. The summed E-state index contributed by atoms with van der Waals surface area (Å²) in [7, 11) is 0. The van der Waals surface area contributed by atoms with Crippen molar-refractivity contribution in [3.05, 3.63) is 124 Å². The van der Waals surface area contributed by atoms with E-state index in [0.29, 0.717) is 39.4 Å². The Morgan fingerprint density at radius 1 is 1.00 bits per heavy atom. The molecule has 1 atom stereocenters. The average Bonchev–Trinajstić information content (AvgIpc) is 3.29. The number of aromatic nitrogens is 1. The summed E-state index contributed by atoms with van der Waals surface area (Å²) in [6, 6.07) is 17.2. The van der Waals surface area contributed by atoms with Gasteiger partial charge in [-0.25, -0.2) is 8.78 Å². The molecule has 4 aromatic rings. The zero-order chi connectivity index (χ0) is 28.4. The predicted octanol–water partition coefficient (Wildman–Crippen LogP) is 7.90. The topological polar surface area (TPSA) is 67.3 Å². The number of rotatable bonds is 9. The number of hydrogen-bond acceptors (Lipinski definition) is 4. The lowest BCUT2D eigenvalue weighted by Crippen LogP contribution is -2.13. The molecule has 1 heterocycles. The molecular formula is C33H26ClF2NO3. The lowest BCUT2D eigenvalue weighted by atomic mass is 9.85. The molecular weight excluding hydrogens is 532 g/mol. The summed E-state index contributed by atoms with van der Waals surface area (Å²) in [6.07, 6.45) is 4.69. The second-order valence-corrected chi connectivity index (χ2v) is 10.5. The number of fused-ring (bicyclic) bond motifs is 1. The van der Waals surface area contributed by atoms with E-state index in [1.807, 2.05) is 18.2 Å². The van der Waals surface area contributed by atoms with E-state index in [1.165, 1.54) is 19.1 Å². The Bertz CT molecular complexity index is 1640. The van der Waals surface area contributed by atoms with Crippen LogP contribution >= 0.6 is 11.6 Å². The van der Waals surface area contributed by atoms with E-state index in [1.54, 1.807) is 42.6 Å². The smallest absolute Gasteiger partial charge is 0.161 e. The zero-order valence-corrected chi connectivity index (χ0v) is 22.5. The van der Waals surface area contributed by atoms with Crippen molar-refractivity contribution in [2.75, 3.05) is 0 Å². The van der Waals surface area contributed by atoms with Gasteiger partial charge < -0.3 is 5.11 Å². The highest BCUT2D eigenvalue weighted by Crippen LogP contribution is 2.37. The van der Waals surface area contributed by atoms with Gasteiger partial charge >= 0.3 is 0 Å². The molecule has 40 heavy (non-hydrogen) atoms. The van der Waals surface area contributed by atoms with Crippen molar-refractivity contribution in [3.63, 3.8) is 0 Å². The maximum atomic E-state index is 14.1. The number of benzene rings is 3. The van der Waals surface area contributed by atoms with E-state index in [2.05, 4.69) is 4.98 Å². The number of carbonyl (C=O) groups excluding carboxylic acids is 2. The van der Waals surface area contributed by atoms with Crippen LogP contribution in [0.2, 0.25) is 5.02 Å². The minimum atomic E-state index is -0.697. The summed E-state index contributed by atoms with van der Waals surface area (Å²) in [6.45, 7) is 1.44. The first kappa shape index (κ1) is 27.4. The second-order valence-electron chi connectivity index (χ2n) is 10.1. The summed E-state index contributed by atoms with van der Waals surface area (Å²) >= 11 is 6.24. The van der Waals surface area contributed by atoms with Crippen LogP contribution in [-0.4, -0.2) is 21.7 Å². The zero-order valence-electron chi connectivity index (χ0n) is 21.8. The number of pyridine rings is 1. The molecule has 1 aliphatic rings. The molecule has 202 valence electrons. The largest absolute Gasteiger partial charge is 0.508 e. The fourth-order valence-corrected chi connectivity index (χ4v) is 5.59. The van der Waals surface area contributed by atoms with Crippen LogP contribution in [0.4, 0.5) is 8.78 Å². The minimum absolute atomic E-state index is 0.0681. The highest BCUT2D eigenvalue weighted by atomic mass is 35.5. The maximum Gasteiger partial charge on any atom is 0.161 e. The number of phenols is 1. The molecule has 0 unspecified atom stereocenters. The third kappa shape index (κ3) is 6.02. The van der Waals surface area contributed by atoms with Crippen LogP contribution in [0.15, 0.2) is 79.0 Å². The van der Waals surface area contributed by atoms with Crippen molar-refractivity contribution in [1.29, 1.82) is 0 Å². The van der Waals surface area contributed by atoms with E-state index in [-0.39, 0.29) is 36.6 Å². The first-order chi connectivity index (χ1) is 19.2. The highest BCUT2D eigenvalue weighted by Gasteiger charge is 2.25. The molecule has 4 nitrogen and oxygen atoms in total. The molecule has 7 heteroatoms. The maximum absolute atomic E-state index is 14.1. The highest BCUT2D eigenvalue weighted by molar-refractivity contribution is 6.34. The summed E-state index contributed by atoms with van der Waals surface area (Å²) in [5.74, 6) is -2.02. The molecule has 1 N–H and O–H groups in total. The van der Waals surface area contributed by atoms with Crippen molar-refractivity contribution in [3.8, 4) is 16.9 Å². The van der Waals surface area contributed by atoms with Gasteiger partial charge in [-0.1, -0.05) is 35.9 Å². The number of halogens is 3. The van der Waals surface area contributed by atoms with Gasteiger partial charge in [0.25, 0.3) is 0 Å². The van der Waals surface area contributed by atoms with Gasteiger partial charge in [-0.05, 0) is 90.1 Å². The van der Waals surface area contributed by atoms with E-state index >= 15 is 0 Å². The minimum Gasteiger partial charge on any atom is -0.508 e. The number of carbonyl (C=O) groups is 2. The summed E-state index contributed by atoms with van der Waals surface area (Å²) in [4.78, 5) is 30.3. The molecule has 5 rings (SSSR count). The SMILES string of the molecule is CC(=O)c1cc(-c2cccnc2[C@@H](CC(=O)CC2=CCc3ccc(O)cc32)Cc2cc(F)cc(F)c2)ccc1Cl. The average molecular weight is 558 g/mol. The number of nitrogens with zero attached hydrogens (tertiary/aromatic N) is 1. The van der Waals surface area contributed by atoms with Gasteiger partial charge in [-0.15, -0.1) is 0 Å². The van der Waals surface area contributed by atoms with Crippen LogP contribution in [0.1, 0.15) is 58.4 Å². The van der Waals surface area contributed by atoms with Crippen molar-refractivity contribution in [1.82, 2.24) is 4.98 Å². The van der Waals surface area contributed by atoms with Crippen LogP contribution < -0.4 is 0 Å². The van der Waals surface area contributed by atoms with Gasteiger partial charge in [-0.3, -0.25) is 14.6 Å². The molecule has 1 aromatic heterocycles. The third-order valence-corrected chi connectivity index (χ3v) is 7.49. The number of phenolic OH excluding ortho intramolecular Hbond substituents is 1. The third-order valence-electron chi connectivity index (χ3n) is 7.16. The number of hydrogen-bond donors (Lipinski definition) is 1. The van der Waals surface area contributed by atoms with Crippen LogP contribution in [-0.2, 0) is 17.6 Å². The number of aromatic hydroxyl groups is 1. The summed E-state index contributed by atoms with van der Waals surface area (Å²) < 4.78 is 28.2.